The van der Waals surface area contributed by atoms with Crippen molar-refractivity contribution in [1.82, 2.24) is 14.9 Å². The first kappa shape index (κ1) is 15.0. The highest BCUT2D eigenvalue weighted by Gasteiger charge is 2.16. The molecule has 0 aliphatic rings. The van der Waals surface area contributed by atoms with E-state index in [4.69, 9.17) is 11.6 Å². The van der Waals surface area contributed by atoms with Gasteiger partial charge in [-0.05, 0) is 43.1 Å². The highest BCUT2D eigenvalue weighted by atomic mass is 35.5. The standard InChI is InChI=1S/C15H19ClFN3/c1-3-6-18-14(15-9-20(2)10-19-15)8-11-7-12(16)4-5-13(11)17/h4-5,7,9-10,14,18H,3,6,8H2,1-2H3. The predicted molar refractivity (Wildman–Crippen MR) is 79.4 cm³/mol. The van der Waals surface area contributed by atoms with Crippen LogP contribution >= 0.6 is 11.6 Å². The van der Waals surface area contributed by atoms with Gasteiger partial charge in [0.1, 0.15) is 5.82 Å². The first-order valence-electron chi connectivity index (χ1n) is 6.75. The minimum atomic E-state index is -0.228. The van der Waals surface area contributed by atoms with E-state index in [1.807, 2.05) is 17.8 Å². The molecule has 20 heavy (non-hydrogen) atoms. The van der Waals surface area contributed by atoms with Crippen molar-refractivity contribution in [3.63, 3.8) is 0 Å². The summed E-state index contributed by atoms with van der Waals surface area (Å²) in [6, 6.07) is 4.65. The lowest BCUT2D eigenvalue weighted by Gasteiger charge is -2.17. The van der Waals surface area contributed by atoms with E-state index in [0.717, 1.165) is 18.7 Å². The van der Waals surface area contributed by atoms with Gasteiger partial charge < -0.3 is 9.88 Å². The molecule has 0 fully saturated rings. The SMILES string of the molecule is CCCNC(Cc1cc(Cl)ccc1F)c1cn(C)cn1. The summed E-state index contributed by atoms with van der Waals surface area (Å²) < 4.78 is 15.8. The minimum Gasteiger partial charge on any atom is -0.340 e. The molecule has 1 aromatic heterocycles. The van der Waals surface area contributed by atoms with Crippen LogP contribution in [0, 0.1) is 5.82 Å². The van der Waals surface area contributed by atoms with Crippen LogP contribution in [-0.4, -0.2) is 16.1 Å². The third-order valence-corrected chi connectivity index (χ3v) is 3.39. The molecule has 0 saturated heterocycles. The predicted octanol–water partition coefficient (Wildman–Crippen LogP) is 3.50. The van der Waals surface area contributed by atoms with Crippen molar-refractivity contribution in [3.05, 3.63) is 52.8 Å². The second-order valence-corrected chi connectivity index (χ2v) is 5.35. The van der Waals surface area contributed by atoms with Crippen LogP contribution in [0.15, 0.2) is 30.7 Å². The summed E-state index contributed by atoms with van der Waals surface area (Å²) in [4.78, 5) is 4.36. The van der Waals surface area contributed by atoms with Gasteiger partial charge in [0.15, 0.2) is 0 Å². The summed E-state index contributed by atoms with van der Waals surface area (Å²) in [6.45, 7) is 2.96. The average molecular weight is 296 g/mol. The number of hydrogen-bond donors (Lipinski definition) is 1. The van der Waals surface area contributed by atoms with E-state index in [0.29, 0.717) is 17.0 Å². The maximum atomic E-state index is 13.9. The second kappa shape index (κ2) is 6.86. The Morgan fingerprint density at radius 3 is 2.90 bits per heavy atom. The van der Waals surface area contributed by atoms with Gasteiger partial charge in [0.25, 0.3) is 0 Å². The average Bonchev–Trinajstić information content (AvgIpc) is 2.85. The Hall–Kier alpha value is -1.39. The number of hydrogen-bond acceptors (Lipinski definition) is 2. The fourth-order valence-electron chi connectivity index (χ4n) is 2.13. The van der Waals surface area contributed by atoms with Crippen molar-refractivity contribution in [2.75, 3.05) is 6.54 Å². The van der Waals surface area contributed by atoms with Crippen LogP contribution in [0.1, 0.15) is 30.6 Å². The Kier molecular flexibility index (Phi) is 5.15. The summed E-state index contributed by atoms with van der Waals surface area (Å²) >= 11 is 5.95. The Morgan fingerprint density at radius 1 is 1.45 bits per heavy atom. The van der Waals surface area contributed by atoms with E-state index in [9.17, 15) is 4.39 Å². The van der Waals surface area contributed by atoms with Crippen molar-refractivity contribution in [2.24, 2.45) is 7.05 Å². The highest BCUT2D eigenvalue weighted by molar-refractivity contribution is 6.30. The number of nitrogens with one attached hydrogen (secondary N) is 1. The molecule has 1 atom stereocenters. The third-order valence-electron chi connectivity index (χ3n) is 3.15. The summed E-state index contributed by atoms with van der Waals surface area (Å²) in [5, 5.41) is 3.96. The van der Waals surface area contributed by atoms with Crippen LogP contribution in [0.4, 0.5) is 4.39 Å². The zero-order valence-electron chi connectivity index (χ0n) is 11.7. The largest absolute Gasteiger partial charge is 0.340 e. The number of imidazole rings is 1. The number of aromatic nitrogens is 2. The van der Waals surface area contributed by atoms with E-state index < -0.39 is 0 Å². The van der Waals surface area contributed by atoms with Gasteiger partial charge in [-0.3, -0.25) is 0 Å². The molecule has 1 N–H and O–H groups in total. The van der Waals surface area contributed by atoms with Gasteiger partial charge in [0.2, 0.25) is 0 Å². The van der Waals surface area contributed by atoms with Crippen LogP contribution in [0.25, 0.3) is 0 Å². The zero-order valence-corrected chi connectivity index (χ0v) is 12.5. The summed E-state index contributed by atoms with van der Waals surface area (Å²) in [5.74, 6) is -0.228. The van der Waals surface area contributed by atoms with Crippen molar-refractivity contribution < 1.29 is 4.39 Å². The van der Waals surface area contributed by atoms with Crippen LogP contribution in [-0.2, 0) is 13.5 Å². The molecule has 0 spiro atoms. The lowest BCUT2D eigenvalue weighted by Crippen LogP contribution is -2.24. The molecule has 2 rings (SSSR count). The maximum absolute atomic E-state index is 13.9. The zero-order chi connectivity index (χ0) is 14.5. The van der Waals surface area contributed by atoms with Crippen molar-refractivity contribution in [1.29, 1.82) is 0 Å². The first-order chi connectivity index (χ1) is 9.60. The molecular weight excluding hydrogens is 277 g/mol. The quantitative estimate of drug-likeness (QED) is 0.884. The van der Waals surface area contributed by atoms with E-state index in [2.05, 4.69) is 17.2 Å². The Balaban J connectivity index is 2.21. The summed E-state index contributed by atoms with van der Waals surface area (Å²) in [6.07, 6.45) is 5.25. The van der Waals surface area contributed by atoms with Gasteiger partial charge >= 0.3 is 0 Å². The van der Waals surface area contributed by atoms with E-state index in [-0.39, 0.29) is 11.9 Å². The van der Waals surface area contributed by atoms with E-state index in [1.165, 1.54) is 6.07 Å². The van der Waals surface area contributed by atoms with Crippen LogP contribution < -0.4 is 5.32 Å². The molecule has 108 valence electrons. The molecule has 0 amide bonds. The molecular formula is C15H19ClFN3. The van der Waals surface area contributed by atoms with Crippen LogP contribution in [0.5, 0.6) is 0 Å². The lowest BCUT2D eigenvalue weighted by atomic mass is 10.0. The monoisotopic (exact) mass is 295 g/mol. The van der Waals surface area contributed by atoms with Crippen molar-refractivity contribution in [2.45, 2.75) is 25.8 Å². The number of benzene rings is 1. The van der Waals surface area contributed by atoms with Crippen molar-refractivity contribution >= 4 is 11.6 Å². The smallest absolute Gasteiger partial charge is 0.126 e. The molecule has 1 unspecified atom stereocenters. The summed E-state index contributed by atoms with van der Waals surface area (Å²) in [5.41, 5.74) is 1.53. The Bertz CT molecular complexity index is 568. The molecule has 0 radical (unpaired) electrons. The lowest BCUT2D eigenvalue weighted by molar-refractivity contribution is 0.504. The maximum Gasteiger partial charge on any atom is 0.126 e. The fraction of sp³-hybridized carbons (Fsp3) is 0.400. The molecule has 3 nitrogen and oxygen atoms in total. The molecule has 2 aromatic rings. The number of rotatable bonds is 6. The molecule has 0 aliphatic heterocycles. The van der Waals surface area contributed by atoms with Gasteiger partial charge in [-0.25, -0.2) is 9.37 Å². The molecule has 0 bridgehead atoms. The first-order valence-corrected chi connectivity index (χ1v) is 7.13. The van der Waals surface area contributed by atoms with Crippen LogP contribution in [0.2, 0.25) is 5.02 Å². The minimum absolute atomic E-state index is 0.0101. The van der Waals surface area contributed by atoms with Crippen LogP contribution in [0.3, 0.4) is 0 Å². The number of nitrogens with zero attached hydrogens (tertiary/aromatic N) is 2. The van der Waals surface area contributed by atoms with Gasteiger partial charge in [-0.1, -0.05) is 18.5 Å². The fourth-order valence-corrected chi connectivity index (χ4v) is 2.33. The normalized spacial score (nSPS) is 12.6. The highest BCUT2D eigenvalue weighted by Crippen LogP contribution is 2.22. The number of aryl methyl sites for hydroxylation is 1. The topological polar surface area (TPSA) is 29.9 Å². The van der Waals surface area contributed by atoms with E-state index in [1.54, 1.807) is 18.5 Å². The summed E-state index contributed by atoms with van der Waals surface area (Å²) in [7, 11) is 1.92. The second-order valence-electron chi connectivity index (χ2n) is 4.91. The van der Waals surface area contributed by atoms with Gasteiger partial charge in [-0.15, -0.1) is 0 Å². The number of halogens is 2. The molecule has 5 heteroatoms. The van der Waals surface area contributed by atoms with E-state index >= 15 is 0 Å². The Labute approximate surface area is 123 Å². The molecule has 1 heterocycles. The van der Waals surface area contributed by atoms with Gasteiger partial charge in [-0.2, -0.15) is 0 Å². The van der Waals surface area contributed by atoms with Gasteiger partial charge in [0.05, 0.1) is 18.1 Å². The third kappa shape index (κ3) is 3.81. The molecule has 0 aliphatic carbocycles. The Morgan fingerprint density at radius 2 is 2.25 bits per heavy atom. The van der Waals surface area contributed by atoms with Crippen molar-refractivity contribution in [3.8, 4) is 0 Å². The molecule has 0 saturated carbocycles. The molecule has 1 aromatic carbocycles. The van der Waals surface area contributed by atoms with Gasteiger partial charge in [0, 0.05) is 18.3 Å².